The lowest BCUT2D eigenvalue weighted by molar-refractivity contribution is 0.198. The molecule has 2 nitrogen and oxygen atoms in total. The zero-order valence-corrected chi connectivity index (χ0v) is 6.83. The average molecular weight is 151 g/mol. The van der Waals surface area contributed by atoms with Crippen molar-refractivity contribution in [2.24, 2.45) is 0 Å². The Labute approximate surface area is 66.7 Å². The van der Waals surface area contributed by atoms with Crippen LogP contribution in [0.25, 0.3) is 0 Å². The first-order valence-electron chi connectivity index (χ1n) is 3.65. The lowest BCUT2D eigenvalue weighted by Crippen LogP contribution is -1.96. The van der Waals surface area contributed by atoms with E-state index in [1.165, 1.54) is 0 Å². The monoisotopic (exact) mass is 151 g/mol. The number of hydrogen-bond acceptors (Lipinski definition) is 2. The van der Waals surface area contributed by atoms with E-state index in [1.54, 1.807) is 13.0 Å². The van der Waals surface area contributed by atoms with Gasteiger partial charge in [-0.2, -0.15) is 0 Å². The Morgan fingerprint density at radius 3 is 2.55 bits per heavy atom. The summed E-state index contributed by atoms with van der Waals surface area (Å²) in [7, 11) is 0. The molecule has 1 unspecified atom stereocenters. The topological polar surface area (TPSA) is 46.2 Å². The van der Waals surface area contributed by atoms with E-state index in [2.05, 4.69) is 0 Å². The number of hydrogen-bond donors (Lipinski definition) is 2. The van der Waals surface area contributed by atoms with Gasteiger partial charge in [-0.15, -0.1) is 0 Å². The van der Waals surface area contributed by atoms with Crippen LogP contribution in [0.15, 0.2) is 18.2 Å². The molecule has 0 radical (unpaired) electrons. The van der Waals surface area contributed by atoms with Crippen LogP contribution in [-0.4, -0.2) is 5.11 Å². The number of benzene rings is 1. The van der Waals surface area contributed by atoms with Gasteiger partial charge < -0.3 is 10.8 Å². The minimum absolute atomic E-state index is 0.432. The van der Waals surface area contributed by atoms with E-state index in [0.717, 1.165) is 11.1 Å². The molecule has 0 heterocycles. The standard InChI is InChI=1S/C9H13NO/c1-6-3-4-8(10)5-9(6)7(2)11/h3-5,7,11H,10H2,1-2H3. The molecule has 1 atom stereocenters. The second-order valence-electron chi connectivity index (χ2n) is 2.79. The van der Waals surface area contributed by atoms with Crippen molar-refractivity contribution in [3.63, 3.8) is 0 Å². The third kappa shape index (κ3) is 1.71. The van der Waals surface area contributed by atoms with Gasteiger partial charge in [0.25, 0.3) is 0 Å². The largest absolute Gasteiger partial charge is 0.399 e. The maximum absolute atomic E-state index is 9.27. The number of aryl methyl sites for hydroxylation is 1. The van der Waals surface area contributed by atoms with Gasteiger partial charge in [-0.1, -0.05) is 6.07 Å². The second kappa shape index (κ2) is 2.93. The Kier molecular flexibility index (Phi) is 2.15. The van der Waals surface area contributed by atoms with E-state index in [4.69, 9.17) is 5.73 Å². The van der Waals surface area contributed by atoms with Gasteiger partial charge in [-0.3, -0.25) is 0 Å². The molecule has 2 heteroatoms. The molecule has 0 spiro atoms. The zero-order chi connectivity index (χ0) is 8.43. The highest BCUT2D eigenvalue weighted by Crippen LogP contribution is 2.19. The van der Waals surface area contributed by atoms with Crippen molar-refractivity contribution < 1.29 is 5.11 Å². The van der Waals surface area contributed by atoms with Gasteiger partial charge in [-0.25, -0.2) is 0 Å². The van der Waals surface area contributed by atoms with Crippen LogP contribution in [0.4, 0.5) is 5.69 Å². The van der Waals surface area contributed by atoms with Gasteiger partial charge in [0.1, 0.15) is 0 Å². The fourth-order valence-corrected chi connectivity index (χ4v) is 1.11. The Balaban J connectivity index is 3.13. The van der Waals surface area contributed by atoms with E-state index in [9.17, 15) is 5.11 Å². The molecule has 1 rings (SSSR count). The predicted octanol–water partition coefficient (Wildman–Crippen LogP) is 1.63. The first-order chi connectivity index (χ1) is 5.11. The van der Waals surface area contributed by atoms with Crippen molar-refractivity contribution in [2.45, 2.75) is 20.0 Å². The van der Waals surface area contributed by atoms with Crippen LogP contribution in [0.3, 0.4) is 0 Å². The van der Waals surface area contributed by atoms with Crippen molar-refractivity contribution in [3.8, 4) is 0 Å². The highest BCUT2D eigenvalue weighted by atomic mass is 16.3. The van der Waals surface area contributed by atoms with Crippen molar-refractivity contribution in [1.29, 1.82) is 0 Å². The van der Waals surface area contributed by atoms with Crippen molar-refractivity contribution >= 4 is 5.69 Å². The molecule has 11 heavy (non-hydrogen) atoms. The van der Waals surface area contributed by atoms with Crippen molar-refractivity contribution in [2.75, 3.05) is 5.73 Å². The Hall–Kier alpha value is -1.02. The number of anilines is 1. The summed E-state index contributed by atoms with van der Waals surface area (Å²) in [5.74, 6) is 0. The third-order valence-corrected chi connectivity index (χ3v) is 1.75. The van der Waals surface area contributed by atoms with Gasteiger partial charge >= 0.3 is 0 Å². The highest BCUT2D eigenvalue weighted by molar-refractivity contribution is 5.44. The number of nitrogens with two attached hydrogens (primary N) is 1. The van der Waals surface area contributed by atoms with E-state index in [1.807, 2.05) is 19.1 Å². The fraction of sp³-hybridized carbons (Fsp3) is 0.333. The lowest BCUT2D eigenvalue weighted by atomic mass is 10.0. The van der Waals surface area contributed by atoms with Crippen LogP contribution in [0.2, 0.25) is 0 Å². The average Bonchev–Trinajstić information content (AvgIpc) is 1.94. The van der Waals surface area contributed by atoms with Crippen molar-refractivity contribution in [1.82, 2.24) is 0 Å². The van der Waals surface area contributed by atoms with Gasteiger partial charge in [0.15, 0.2) is 0 Å². The molecule has 0 aliphatic rings. The normalized spacial score (nSPS) is 13.0. The van der Waals surface area contributed by atoms with Gasteiger partial charge in [-0.05, 0) is 37.1 Å². The summed E-state index contributed by atoms with van der Waals surface area (Å²) in [5.41, 5.74) is 8.24. The molecule has 0 aliphatic carbocycles. The molecule has 60 valence electrons. The fourth-order valence-electron chi connectivity index (χ4n) is 1.11. The number of nitrogen functional groups attached to an aromatic ring is 1. The molecular weight excluding hydrogens is 138 g/mol. The molecule has 1 aromatic rings. The first-order valence-corrected chi connectivity index (χ1v) is 3.65. The maximum Gasteiger partial charge on any atom is 0.0765 e. The summed E-state index contributed by atoms with van der Waals surface area (Å²) in [6.45, 7) is 3.70. The van der Waals surface area contributed by atoms with Gasteiger partial charge in [0, 0.05) is 5.69 Å². The Bertz CT molecular complexity index is 256. The lowest BCUT2D eigenvalue weighted by Gasteiger charge is -2.08. The molecular formula is C9H13NO. The predicted molar refractivity (Wildman–Crippen MR) is 46.2 cm³/mol. The van der Waals surface area contributed by atoms with Crippen LogP contribution in [0.5, 0.6) is 0 Å². The van der Waals surface area contributed by atoms with E-state index < -0.39 is 6.10 Å². The molecule has 0 aliphatic heterocycles. The van der Waals surface area contributed by atoms with Crippen molar-refractivity contribution in [3.05, 3.63) is 29.3 Å². The Morgan fingerprint density at radius 1 is 1.45 bits per heavy atom. The summed E-state index contributed by atoms with van der Waals surface area (Å²) in [4.78, 5) is 0. The Morgan fingerprint density at radius 2 is 2.09 bits per heavy atom. The molecule has 3 N–H and O–H groups in total. The summed E-state index contributed by atoms with van der Waals surface area (Å²) >= 11 is 0. The first kappa shape index (κ1) is 8.08. The molecule has 0 saturated heterocycles. The van der Waals surface area contributed by atoms with Gasteiger partial charge in [0.2, 0.25) is 0 Å². The molecule has 1 aromatic carbocycles. The van der Waals surface area contributed by atoms with Crippen LogP contribution in [-0.2, 0) is 0 Å². The smallest absolute Gasteiger partial charge is 0.0765 e. The number of rotatable bonds is 1. The molecule has 0 fully saturated rings. The second-order valence-corrected chi connectivity index (χ2v) is 2.79. The molecule has 0 aromatic heterocycles. The summed E-state index contributed by atoms with van der Waals surface area (Å²) in [5, 5.41) is 9.27. The molecule has 0 saturated carbocycles. The SMILES string of the molecule is Cc1ccc(N)cc1C(C)O. The van der Waals surface area contributed by atoms with E-state index >= 15 is 0 Å². The van der Waals surface area contributed by atoms with Gasteiger partial charge in [0.05, 0.1) is 6.10 Å². The number of aliphatic hydroxyl groups excluding tert-OH is 1. The minimum Gasteiger partial charge on any atom is -0.399 e. The van der Waals surface area contributed by atoms with Crippen LogP contribution >= 0.6 is 0 Å². The van der Waals surface area contributed by atoms with E-state index in [0.29, 0.717) is 5.69 Å². The molecule has 0 amide bonds. The molecule has 0 bridgehead atoms. The van der Waals surface area contributed by atoms with Crippen LogP contribution in [0, 0.1) is 6.92 Å². The maximum atomic E-state index is 9.27. The zero-order valence-electron chi connectivity index (χ0n) is 6.83. The highest BCUT2D eigenvalue weighted by Gasteiger charge is 2.03. The summed E-state index contributed by atoms with van der Waals surface area (Å²) < 4.78 is 0. The van der Waals surface area contributed by atoms with Crippen LogP contribution < -0.4 is 5.73 Å². The third-order valence-electron chi connectivity index (χ3n) is 1.75. The minimum atomic E-state index is -0.432. The number of aliphatic hydroxyl groups is 1. The summed E-state index contributed by atoms with van der Waals surface area (Å²) in [6, 6.07) is 5.55. The summed E-state index contributed by atoms with van der Waals surface area (Å²) in [6.07, 6.45) is -0.432. The quantitative estimate of drug-likeness (QED) is 0.599. The van der Waals surface area contributed by atoms with Crippen LogP contribution in [0.1, 0.15) is 24.2 Å². The van der Waals surface area contributed by atoms with E-state index in [-0.39, 0.29) is 0 Å².